The van der Waals surface area contributed by atoms with E-state index in [1.54, 1.807) is 4.68 Å². The summed E-state index contributed by atoms with van der Waals surface area (Å²) in [6.07, 6.45) is 2.48. The van der Waals surface area contributed by atoms with Gasteiger partial charge in [-0.15, -0.1) is 11.3 Å². The minimum absolute atomic E-state index is 0.548. The lowest BCUT2D eigenvalue weighted by Gasteiger charge is -2.19. The number of nitrogens with zero attached hydrogens (tertiary/aromatic N) is 4. The summed E-state index contributed by atoms with van der Waals surface area (Å²) in [5.74, 6) is 0. The van der Waals surface area contributed by atoms with Crippen LogP contribution in [0.25, 0.3) is 5.69 Å². The standard InChI is InChI=1S/C18H21N5S2/c1-13-6-3-7-14(2)17(13)23-18(24)22(19-20-23)12-21-10-4-8-15(21)16-9-5-11-25-16/h3,5-7,9,11,15H,4,8,10,12H2,1-2H3/p+1/t15-/m1/s1. The van der Waals surface area contributed by atoms with Crippen LogP contribution in [0, 0.1) is 18.6 Å². The maximum absolute atomic E-state index is 5.69. The maximum atomic E-state index is 5.69. The van der Waals surface area contributed by atoms with E-state index in [4.69, 9.17) is 12.2 Å². The van der Waals surface area contributed by atoms with Crippen LogP contribution in [0.5, 0.6) is 0 Å². The Labute approximate surface area is 156 Å². The average molecular weight is 373 g/mol. The molecule has 0 spiro atoms. The molecule has 5 nitrogen and oxygen atoms in total. The molecular weight excluding hydrogens is 350 g/mol. The van der Waals surface area contributed by atoms with Crippen LogP contribution in [0.15, 0.2) is 35.7 Å². The summed E-state index contributed by atoms with van der Waals surface area (Å²) < 4.78 is 4.35. The van der Waals surface area contributed by atoms with E-state index in [0.717, 1.165) is 30.0 Å². The molecule has 25 heavy (non-hydrogen) atoms. The second-order valence-electron chi connectivity index (χ2n) is 6.69. The fourth-order valence-corrected chi connectivity index (χ4v) is 4.93. The van der Waals surface area contributed by atoms with E-state index >= 15 is 0 Å². The quantitative estimate of drug-likeness (QED) is 0.716. The van der Waals surface area contributed by atoms with Gasteiger partial charge in [-0.2, -0.15) is 9.36 Å². The Hall–Kier alpha value is -1.83. The molecule has 2 atom stereocenters. The number of nitrogens with one attached hydrogen (secondary N) is 1. The van der Waals surface area contributed by atoms with Crippen molar-refractivity contribution in [3.05, 3.63) is 56.5 Å². The van der Waals surface area contributed by atoms with Crippen molar-refractivity contribution in [2.75, 3.05) is 6.54 Å². The molecule has 0 aliphatic carbocycles. The van der Waals surface area contributed by atoms with Crippen LogP contribution in [0.2, 0.25) is 0 Å². The number of aryl methyl sites for hydroxylation is 2. The van der Waals surface area contributed by atoms with Gasteiger partial charge < -0.3 is 4.90 Å². The van der Waals surface area contributed by atoms with Crippen molar-refractivity contribution in [3.8, 4) is 5.69 Å². The van der Waals surface area contributed by atoms with Gasteiger partial charge in [-0.1, -0.05) is 24.3 Å². The number of hydrogen-bond acceptors (Lipinski definition) is 4. The van der Waals surface area contributed by atoms with E-state index in [2.05, 4.69) is 60.0 Å². The summed E-state index contributed by atoms with van der Waals surface area (Å²) >= 11 is 7.54. The first kappa shape index (κ1) is 16.6. The third-order valence-electron chi connectivity index (χ3n) is 5.01. The van der Waals surface area contributed by atoms with E-state index in [9.17, 15) is 0 Å². The van der Waals surface area contributed by atoms with Crippen molar-refractivity contribution in [1.29, 1.82) is 0 Å². The first-order chi connectivity index (χ1) is 12.1. The lowest BCUT2D eigenvalue weighted by atomic mass is 10.1. The Morgan fingerprint density at radius 2 is 2.00 bits per heavy atom. The second kappa shape index (κ2) is 6.82. The minimum Gasteiger partial charge on any atom is -0.309 e. The van der Waals surface area contributed by atoms with Gasteiger partial charge in [0.2, 0.25) is 4.77 Å². The Morgan fingerprint density at radius 1 is 1.20 bits per heavy atom. The number of tetrazole rings is 1. The van der Waals surface area contributed by atoms with Gasteiger partial charge in [0, 0.05) is 12.8 Å². The highest BCUT2D eigenvalue weighted by molar-refractivity contribution is 7.71. The molecule has 0 bridgehead atoms. The number of aromatic nitrogens is 4. The van der Waals surface area contributed by atoms with Crippen LogP contribution in [-0.4, -0.2) is 26.3 Å². The summed E-state index contributed by atoms with van der Waals surface area (Å²) in [5, 5.41) is 10.9. The fraction of sp³-hybridized carbons (Fsp3) is 0.389. The molecule has 7 heteroatoms. The Kier molecular flexibility index (Phi) is 4.54. The highest BCUT2D eigenvalue weighted by atomic mass is 32.1. The summed E-state index contributed by atoms with van der Waals surface area (Å²) in [5.41, 5.74) is 3.37. The van der Waals surface area contributed by atoms with Gasteiger partial charge in [0.25, 0.3) is 0 Å². The van der Waals surface area contributed by atoms with E-state index in [0.29, 0.717) is 10.8 Å². The van der Waals surface area contributed by atoms with E-state index in [-0.39, 0.29) is 0 Å². The number of benzene rings is 1. The van der Waals surface area contributed by atoms with Crippen LogP contribution in [-0.2, 0) is 6.67 Å². The van der Waals surface area contributed by atoms with E-state index in [1.807, 2.05) is 16.0 Å². The smallest absolute Gasteiger partial charge is 0.225 e. The summed E-state index contributed by atoms with van der Waals surface area (Å²) in [6.45, 7) is 6.09. The molecule has 1 N–H and O–H groups in total. The van der Waals surface area contributed by atoms with Crippen LogP contribution in [0.1, 0.15) is 34.9 Å². The monoisotopic (exact) mass is 372 g/mol. The summed E-state index contributed by atoms with van der Waals surface area (Å²) in [6, 6.07) is 11.2. The molecule has 1 aromatic carbocycles. The highest BCUT2D eigenvalue weighted by Crippen LogP contribution is 2.23. The first-order valence-corrected chi connectivity index (χ1v) is 9.91. The molecule has 1 unspecified atom stereocenters. The van der Waals surface area contributed by atoms with Crippen molar-refractivity contribution >= 4 is 23.6 Å². The zero-order valence-electron chi connectivity index (χ0n) is 14.5. The summed E-state index contributed by atoms with van der Waals surface area (Å²) in [4.78, 5) is 2.98. The lowest BCUT2D eigenvalue weighted by molar-refractivity contribution is -0.941. The number of hydrogen-bond donors (Lipinski definition) is 1. The first-order valence-electron chi connectivity index (χ1n) is 8.62. The number of quaternary nitrogens is 1. The predicted octanol–water partition coefficient (Wildman–Crippen LogP) is 2.85. The number of thiophene rings is 1. The largest absolute Gasteiger partial charge is 0.309 e. The zero-order valence-corrected chi connectivity index (χ0v) is 16.1. The molecule has 1 aliphatic rings. The fourth-order valence-electron chi connectivity index (χ4n) is 3.78. The molecule has 4 rings (SSSR count). The van der Waals surface area contributed by atoms with Crippen molar-refractivity contribution in [1.82, 2.24) is 19.8 Å². The second-order valence-corrected chi connectivity index (χ2v) is 8.03. The van der Waals surface area contributed by atoms with Gasteiger partial charge in [-0.25, -0.2) is 0 Å². The Morgan fingerprint density at radius 3 is 2.72 bits per heavy atom. The molecule has 3 heterocycles. The lowest BCUT2D eigenvalue weighted by Crippen LogP contribution is -3.09. The van der Waals surface area contributed by atoms with Gasteiger partial charge >= 0.3 is 0 Å². The summed E-state index contributed by atoms with van der Waals surface area (Å²) in [7, 11) is 0. The molecule has 130 valence electrons. The predicted molar refractivity (Wildman–Crippen MR) is 102 cm³/mol. The number of likely N-dealkylation sites (tertiary alicyclic amines) is 1. The number of rotatable bonds is 4. The van der Waals surface area contributed by atoms with Gasteiger partial charge in [-0.3, -0.25) is 0 Å². The van der Waals surface area contributed by atoms with Crippen molar-refractivity contribution in [2.45, 2.75) is 39.4 Å². The Balaban J connectivity index is 1.63. The van der Waals surface area contributed by atoms with Crippen LogP contribution in [0.3, 0.4) is 0 Å². The zero-order chi connectivity index (χ0) is 17.4. The topological polar surface area (TPSA) is 40.1 Å². The molecule has 2 aromatic heterocycles. The van der Waals surface area contributed by atoms with Crippen molar-refractivity contribution in [3.63, 3.8) is 0 Å². The Bertz CT molecular complexity index is 905. The van der Waals surface area contributed by atoms with Gasteiger partial charge in [-0.05, 0) is 59.1 Å². The van der Waals surface area contributed by atoms with E-state index in [1.165, 1.54) is 22.6 Å². The van der Waals surface area contributed by atoms with Crippen LogP contribution in [0.4, 0.5) is 0 Å². The molecule has 1 aliphatic heterocycles. The normalized spacial score (nSPS) is 20.2. The molecule has 1 fully saturated rings. The molecule has 0 saturated carbocycles. The number of para-hydroxylation sites is 1. The molecule has 0 amide bonds. The van der Waals surface area contributed by atoms with Crippen molar-refractivity contribution in [2.24, 2.45) is 0 Å². The van der Waals surface area contributed by atoms with Gasteiger partial charge in [0.1, 0.15) is 6.04 Å². The van der Waals surface area contributed by atoms with Gasteiger partial charge in [0.15, 0.2) is 6.67 Å². The molecular formula is C18H22N5S2+. The van der Waals surface area contributed by atoms with Crippen LogP contribution >= 0.6 is 23.6 Å². The molecule has 1 saturated heterocycles. The van der Waals surface area contributed by atoms with Gasteiger partial charge in [0.05, 0.1) is 17.1 Å². The third kappa shape index (κ3) is 3.07. The average Bonchev–Trinajstić information content (AvgIpc) is 3.31. The van der Waals surface area contributed by atoms with Crippen LogP contribution < -0.4 is 4.90 Å². The highest BCUT2D eigenvalue weighted by Gasteiger charge is 2.31. The van der Waals surface area contributed by atoms with Crippen molar-refractivity contribution < 1.29 is 4.90 Å². The maximum Gasteiger partial charge on any atom is 0.225 e. The van der Waals surface area contributed by atoms with E-state index < -0.39 is 0 Å². The third-order valence-corrected chi connectivity index (χ3v) is 6.38. The minimum atomic E-state index is 0.548. The SMILES string of the molecule is Cc1cccc(C)c1-n1nnn(C[NH+]2CCC[C@@H]2c2cccs2)c1=S. The molecule has 3 aromatic rings. The molecule has 0 radical (unpaired) electrons.